The third-order valence-electron chi connectivity index (χ3n) is 3.22. The van der Waals surface area contributed by atoms with Crippen LogP contribution in [0.3, 0.4) is 0 Å². The van der Waals surface area contributed by atoms with Gasteiger partial charge in [0, 0.05) is 12.5 Å². The molecule has 0 rings (SSSR count). The van der Waals surface area contributed by atoms with Gasteiger partial charge in [-0.15, -0.1) is 0 Å². The predicted molar refractivity (Wildman–Crippen MR) is 69.1 cm³/mol. The van der Waals surface area contributed by atoms with Gasteiger partial charge in [0.05, 0.1) is 0 Å². The Bertz CT molecular complexity index is 208. The van der Waals surface area contributed by atoms with Crippen LogP contribution in [0.15, 0.2) is 0 Å². The Kier molecular flexibility index (Phi) is 6.65. The maximum Gasteiger partial charge on any atom is 0.220 e. The van der Waals surface area contributed by atoms with E-state index in [-0.39, 0.29) is 17.4 Å². The summed E-state index contributed by atoms with van der Waals surface area (Å²) in [7, 11) is 0. The molecule has 2 unspecified atom stereocenters. The molecule has 1 amide bonds. The zero-order valence-electron chi connectivity index (χ0n) is 11.5. The number of carbonyl (C=O) groups excluding carboxylic acids is 1. The summed E-state index contributed by atoms with van der Waals surface area (Å²) >= 11 is 0. The van der Waals surface area contributed by atoms with E-state index in [1.54, 1.807) is 0 Å². The van der Waals surface area contributed by atoms with E-state index in [0.29, 0.717) is 18.9 Å². The van der Waals surface area contributed by atoms with E-state index in [1.807, 2.05) is 6.92 Å². The maximum atomic E-state index is 11.7. The molecule has 3 nitrogen and oxygen atoms in total. The minimum Gasteiger partial charge on any atom is -0.354 e. The van der Waals surface area contributed by atoms with Gasteiger partial charge >= 0.3 is 0 Å². The molecule has 16 heavy (non-hydrogen) atoms. The summed E-state index contributed by atoms with van der Waals surface area (Å²) in [4.78, 5) is 11.7. The Morgan fingerprint density at radius 2 is 1.88 bits per heavy atom. The first-order chi connectivity index (χ1) is 7.27. The molecule has 2 atom stereocenters. The molecule has 0 aromatic rings. The molecular formula is C13H28N2O. The lowest BCUT2D eigenvalue weighted by atomic mass is 9.80. The van der Waals surface area contributed by atoms with Crippen molar-refractivity contribution in [3.05, 3.63) is 0 Å². The fourth-order valence-electron chi connectivity index (χ4n) is 1.41. The Balaban J connectivity index is 3.90. The van der Waals surface area contributed by atoms with Crippen LogP contribution in [0.2, 0.25) is 0 Å². The van der Waals surface area contributed by atoms with Crippen molar-refractivity contribution in [2.24, 2.45) is 17.1 Å². The van der Waals surface area contributed by atoms with E-state index in [9.17, 15) is 4.79 Å². The molecule has 0 aliphatic heterocycles. The number of hydrogen-bond acceptors (Lipinski definition) is 2. The lowest BCUT2D eigenvalue weighted by Crippen LogP contribution is -2.35. The highest BCUT2D eigenvalue weighted by atomic mass is 16.1. The van der Waals surface area contributed by atoms with Gasteiger partial charge in [0.25, 0.3) is 0 Å². The van der Waals surface area contributed by atoms with Gasteiger partial charge in [0.2, 0.25) is 5.91 Å². The fourth-order valence-corrected chi connectivity index (χ4v) is 1.41. The van der Waals surface area contributed by atoms with Gasteiger partial charge in [0.1, 0.15) is 0 Å². The largest absolute Gasteiger partial charge is 0.354 e. The topological polar surface area (TPSA) is 55.1 Å². The van der Waals surface area contributed by atoms with E-state index < -0.39 is 0 Å². The van der Waals surface area contributed by atoms with E-state index in [1.165, 1.54) is 0 Å². The van der Waals surface area contributed by atoms with Gasteiger partial charge in [-0.25, -0.2) is 0 Å². The normalized spacial score (nSPS) is 15.6. The minimum absolute atomic E-state index is 0.159. The monoisotopic (exact) mass is 228 g/mol. The summed E-state index contributed by atoms with van der Waals surface area (Å²) in [5, 5.41) is 3.02. The van der Waals surface area contributed by atoms with Crippen LogP contribution in [0.1, 0.15) is 53.9 Å². The smallest absolute Gasteiger partial charge is 0.220 e. The highest BCUT2D eigenvalue weighted by molar-refractivity contribution is 5.76. The van der Waals surface area contributed by atoms with Gasteiger partial charge in [-0.1, -0.05) is 27.7 Å². The number of carbonyl (C=O) groups is 1. The second-order valence-corrected chi connectivity index (χ2v) is 5.87. The van der Waals surface area contributed by atoms with Gasteiger partial charge in [-0.3, -0.25) is 4.79 Å². The Labute approximate surface area is 100 Å². The average Bonchev–Trinajstić information content (AvgIpc) is 2.12. The van der Waals surface area contributed by atoms with Crippen molar-refractivity contribution in [3.63, 3.8) is 0 Å². The molecule has 0 aromatic carbocycles. The van der Waals surface area contributed by atoms with Crippen LogP contribution < -0.4 is 11.1 Å². The Morgan fingerprint density at radius 3 is 2.31 bits per heavy atom. The third kappa shape index (κ3) is 6.83. The molecule has 0 aliphatic rings. The van der Waals surface area contributed by atoms with Crippen molar-refractivity contribution >= 4 is 5.91 Å². The van der Waals surface area contributed by atoms with Crippen molar-refractivity contribution in [1.29, 1.82) is 0 Å². The van der Waals surface area contributed by atoms with E-state index in [2.05, 4.69) is 33.0 Å². The molecule has 96 valence electrons. The maximum absolute atomic E-state index is 11.7. The van der Waals surface area contributed by atoms with Crippen LogP contribution in [0.5, 0.6) is 0 Å². The van der Waals surface area contributed by atoms with Crippen molar-refractivity contribution in [2.45, 2.75) is 59.9 Å². The number of nitrogens with two attached hydrogens (primary N) is 1. The lowest BCUT2D eigenvalue weighted by molar-refractivity contribution is -0.123. The van der Waals surface area contributed by atoms with Crippen LogP contribution in [0.25, 0.3) is 0 Å². The second kappa shape index (κ2) is 6.89. The first kappa shape index (κ1) is 15.4. The second-order valence-electron chi connectivity index (χ2n) is 5.87. The van der Waals surface area contributed by atoms with Crippen molar-refractivity contribution in [1.82, 2.24) is 5.32 Å². The van der Waals surface area contributed by atoms with Crippen LogP contribution in [0.4, 0.5) is 0 Å². The molecule has 0 aromatic heterocycles. The summed E-state index contributed by atoms with van der Waals surface area (Å²) in [5.41, 5.74) is 5.63. The SMILES string of the molecule is CC(CCCN)NC(=O)CC(C)C(C)(C)C. The van der Waals surface area contributed by atoms with Crippen molar-refractivity contribution in [3.8, 4) is 0 Å². The molecule has 0 bridgehead atoms. The highest BCUT2D eigenvalue weighted by Gasteiger charge is 2.22. The van der Waals surface area contributed by atoms with Crippen molar-refractivity contribution < 1.29 is 4.79 Å². The number of rotatable bonds is 6. The molecule has 0 radical (unpaired) electrons. The number of nitrogens with one attached hydrogen (secondary N) is 1. The Hall–Kier alpha value is -0.570. The third-order valence-corrected chi connectivity index (χ3v) is 3.22. The summed E-state index contributed by atoms with van der Waals surface area (Å²) < 4.78 is 0. The molecule has 0 saturated heterocycles. The molecule has 0 fully saturated rings. The van der Waals surface area contributed by atoms with Crippen LogP contribution in [-0.2, 0) is 4.79 Å². The van der Waals surface area contributed by atoms with Gasteiger partial charge in [-0.05, 0) is 37.6 Å². The van der Waals surface area contributed by atoms with E-state index in [4.69, 9.17) is 5.73 Å². The molecule has 3 heteroatoms. The number of hydrogen-bond donors (Lipinski definition) is 2. The number of amides is 1. The standard InChI is InChI=1S/C13H28N2O/c1-10(13(3,4)5)9-12(16)15-11(2)7-6-8-14/h10-11H,6-9,14H2,1-5H3,(H,15,16). The first-order valence-corrected chi connectivity index (χ1v) is 6.26. The Morgan fingerprint density at radius 1 is 1.31 bits per heavy atom. The van der Waals surface area contributed by atoms with E-state index in [0.717, 1.165) is 12.8 Å². The summed E-state index contributed by atoms with van der Waals surface area (Å²) in [6, 6.07) is 0.239. The summed E-state index contributed by atoms with van der Waals surface area (Å²) in [6.07, 6.45) is 2.54. The minimum atomic E-state index is 0.159. The zero-order valence-corrected chi connectivity index (χ0v) is 11.5. The summed E-state index contributed by atoms with van der Waals surface area (Å²) in [6.45, 7) is 11.4. The van der Waals surface area contributed by atoms with Gasteiger partial charge in [-0.2, -0.15) is 0 Å². The molecular weight excluding hydrogens is 200 g/mol. The van der Waals surface area contributed by atoms with Gasteiger partial charge in [0.15, 0.2) is 0 Å². The molecule has 0 saturated carbocycles. The molecule has 0 aliphatic carbocycles. The van der Waals surface area contributed by atoms with E-state index >= 15 is 0 Å². The summed E-state index contributed by atoms with van der Waals surface area (Å²) in [5.74, 6) is 0.557. The highest BCUT2D eigenvalue weighted by Crippen LogP contribution is 2.27. The quantitative estimate of drug-likeness (QED) is 0.733. The van der Waals surface area contributed by atoms with Crippen LogP contribution in [-0.4, -0.2) is 18.5 Å². The fraction of sp³-hybridized carbons (Fsp3) is 0.923. The molecule has 0 heterocycles. The predicted octanol–water partition coefficient (Wildman–Crippen LogP) is 2.30. The molecule has 0 spiro atoms. The molecule has 3 N–H and O–H groups in total. The van der Waals surface area contributed by atoms with Crippen LogP contribution >= 0.6 is 0 Å². The zero-order chi connectivity index (χ0) is 12.8. The van der Waals surface area contributed by atoms with Gasteiger partial charge < -0.3 is 11.1 Å². The lowest BCUT2D eigenvalue weighted by Gasteiger charge is -2.27. The van der Waals surface area contributed by atoms with Crippen molar-refractivity contribution in [2.75, 3.05) is 6.54 Å². The average molecular weight is 228 g/mol. The van der Waals surface area contributed by atoms with Crippen LogP contribution in [0, 0.1) is 11.3 Å². The first-order valence-electron chi connectivity index (χ1n) is 6.26.